The van der Waals surface area contributed by atoms with Crippen LogP contribution in [-0.4, -0.2) is 64.9 Å². The number of fused-ring (bicyclic) bond motifs is 3. The van der Waals surface area contributed by atoms with Crippen molar-refractivity contribution >= 4 is 18.0 Å². The Morgan fingerprint density at radius 2 is 1.50 bits per heavy atom. The molecule has 5 rings (SSSR count). The molecule has 2 aromatic carbocycles. The molecule has 2 aromatic rings. The van der Waals surface area contributed by atoms with E-state index in [1.807, 2.05) is 24.3 Å². The van der Waals surface area contributed by atoms with Crippen LogP contribution in [0, 0.1) is 5.41 Å². The third-order valence-corrected chi connectivity index (χ3v) is 7.50. The molecule has 0 radical (unpaired) electrons. The van der Waals surface area contributed by atoms with E-state index in [2.05, 4.69) is 29.6 Å². The monoisotopic (exact) mass is 464 g/mol. The Balaban J connectivity index is 1.15. The third kappa shape index (κ3) is 3.92. The molecule has 2 fully saturated rings. The highest BCUT2D eigenvalue weighted by atomic mass is 16.5. The van der Waals surface area contributed by atoms with Crippen LogP contribution in [0.25, 0.3) is 11.1 Å². The highest BCUT2D eigenvalue weighted by Gasteiger charge is 2.53. The lowest BCUT2D eigenvalue weighted by molar-refractivity contribution is -0.166. The maximum Gasteiger partial charge on any atom is 0.407 e. The number of benzene rings is 2. The highest BCUT2D eigenvalue weighted by Crippen LogP contribution is 2.47. The van der Waals surface area contributed by atoms with E-state index in [9.17, 15) is 19.5 Å². The van der Waals surface area contributed by atoms with Gasteiger partial charge in [-0.1, -0.05) is 48.5 Å². The molecule has 34 heavy (non-hydrogen) atoms. The average molecular weight is 465 g/mol. The van der Waals surface area contributed by atoms with Crippen molar-refractivity contribution in [2.75, 3.05) is 26.2 Å². The molecule has 1 saturated heterocycles. The van der Waals surface area contributed by atoms with E-state index in [-0.39, 0.29) is 50.9 Å². The Hall–Kier alpha value is -3.39. The van der Waals surface area contributed by atoms with E-state index < -0.39 is 23.1 Å². The first kappa shape index (κ1) is 22.4. The van der Waals surface area contributed by atoms with Crippen molar-refractivity contribution in [3.63, 3.8) is 0 Å². The van der Waals surface area contributed by atoms with Crippen molar-refractivity contribution in [1.82, 2.24) is 10.2 Å². The molecule has 178 valence electrons. The fourth-order valence-corrected chi connectivity index (χ4v) is 5.14. The quantitative estimate of drug-likeness (QED) is 0.605. The summed E-state index contributed by atoms with van der Waals surface area (Å²) in [7, 11) is 0. The molecule has 2 aliphatic carbocycles. The summed E-state index contributed by atoms with van der Waals surface area (Å²) in [6, 6.07) is 16.2. The van der Waals surface area contributed by atoms with Crippen molar-refractivity contribution < 1.29 is 29.3 Å². The van der Waals surface area contributed by atoms with E-state index in [1.54, 1.807) is 4.90 Å². The number of carboxylic acid groups (broad SMARTS) is 1. The van der Waals surface area contributed by atoms with Crippen LogP contribution >= 0.6 is 0 Å². The molecule has 3 aliphatic rings. The number of amides is 2. The molecule has 2 amide bonds. The predicted octanol–water partition coefficient (Wildman–Crippen LogP) is 2.74. The number of aliphatic hydroxyl groups is 1. The molecule has 0 spiro atoms. The van der Waals surface area contributed by atoms with E-state index in [1.165, 1.54) is 0 Å². The van der Waals surface area contributed by atoms with Gasteiger partial charge in [0.25, 0.3) is 0 Å². The standard InChI is InChI=1S/C26H28N2O6/c29-22(28-13-11-26(33,12-14-28)23(30)31)25(9-10-25)16-27-24(32)34-15-21-19-7-3-1-5-17(19)18-6-2-4-8-20(18)21/h1-8,21,33H,9-16H2,(H,27,32)(H,30,31). The van der Waals surface area contributed by atoms with E-state index in [0.717, 1.165) is 22.3 Å². The number of likely N-dealkylation sites (tertiary alicyclic amines) is 1. The number of rotatable bonds is 6. The van der Waals surface area contributed by atoms with E-state index in [4.69, 9.17) is 9.84 Å². The molecule has 1 aliphatic heterocycles. The molecule has 0 unspecified atom stereocenters. The van der Waals surface area contributed by atoms with Gasteiger partial charge in [0.15, 0.2) is 5.60 Å². The van der Waals surface area contributed by atoms with Gasteiger partial charge in [0, 0.05) is 38.4 Å². The summed E-state index contributed by atoms with van der Waals surface area (Å²) < 4.78 is 5.57. The van der Waals surface area contributed by atoms with Crippen LogP contribution in [0.15, 0.2) is 48.5 Å². The fraction of sp³-hybridized carbons (Fsp3) is 0.423. The van der Waals surface area contributed by atoms with Crippen LogP contribution in [0.3, 0.4) is 0 Å². The molecule has 1 saturated carbocycles. The van der Waals surface area contributed by atoms with Crippen molar-refractivity contribution in [2.45, 2.75) is 37.2 Å². The Morgan fingerprint density at radius 3 is 2.03 bits per heavy atom. The molecule has 8 heteroatoms. The number of carbonyl (C=O) groups excluding carboxylic acids is 2. The van der Waals surface area contributed by atoms with Crippen molar-refractivity contribution in [3.8, 4) is 11.1 Å². The number of carbonyl (C=O) groups is 3. The fourth-order valence-electron chi connectivity index (χ4n) is 5.14. The maximum absolute atomic E-state index is 13.0. The largest absolute Gasteiger partial charge is 0.479 e. The molecular formula is C26H28N2O6. The number of nitrogens with one attached hydrogen (secondary N) is 1. The number of hydrogen-bond acceptors (Lipinski definition) is 5. The first-order valence-corrected chi connectivity index (χ1v) is 11.7. The summed E-state index contributed by atoms with van der Waals surface area (Å²) in [6.07, 6.45) is 0.776. The normalized spacial score (nSPS) is 19.6. The number of nitrogens with zero attached hydrogens (tertiary/aromatic N) is 1. The van der Waals surface area contributed by atoms with Gasteiger partial charge in [-0.2, -0.15) is 0 Å². The van der Waals surface area contributed by atoms with Crippen molar-refractivity contribution in [3.05, 3.63) is 59.7 Å². The summed E-state index contributed by atoms with van der Waals surface area (Å²) in [5.74, 6) is -1.38. The van der Waals surface area contributed by atoms with Crippen LogP contribution in [0.5, 0.6) is 0 Å². The van der Waals surface area contributed by atoms with Gasteiger partial charge in [0.2, 0.25) is 5.91 Å². The van der Waals surface area contributed by atoms with Crippen LogP contribution < -0.4 is 5.32 Å². The molecule has 3 N–H and O–H groups in total. The summed E-state index contributed by atoms with van der Waals surface area (Å²) >= 11 is 0. The second-order valence-corrected chi connectivity index (χ2v) is 9.59. The summed E-state index contributed by atoms with van der Waals surface area (Å²) in [5.41, 5.74) is 2.16. The molecule has 0 aromatic heterocycles. The number of alkyl carbamates (subject to hydrolysis) is 1. The zero-order valence-electron chi connectivity index (χ0n) is 18.8. The zero-order valence-corrected chi connectivity index (χ0v) is 18.8. The Bertz CT molecular complexity index is 1090. The smallest absolute Gasteiger partial charge is 0.407 e. The summed E-state index contributed by atoms with van der Waals surface area (Å²) in [4.78, 5) is 38.3. The van der Waals surface area contributed by atoms with Crippen LogP contribution in [0.2, 0.25) is 0 Å². The Morgan fingerprint density at radius 1 is 0.941 bits per heavy atom. The number of hydrogen-bond donors (Lipinski definition) is 3. The number of carboxylic acids is 1. The average Bonchev–Trinajstić information content (AvgIpc) is 3.58. The summed E-state index contributed by atoms with van der Waals surface area (Å²) in [5, 5.41) is 22.0. The SMILES string of the molecule is O=C(NCC1(C(=O)N2CCC(O)(C(=O)O)CC2)CC1)OCC1c2ccccc2-c2ccccc21. The van der Waals surface area contributed by atoms with Crippen LogP contribution in [0.1, 0.15) is 42.7 Å². The minimum atomic E-state index is -1.77. The Kier molecular flexibility index (Phi) is 5.56. The van der Waals surface area contributed by atoms with Crippen molar-refractivity contribution in [2.24, 2.45) is 5.41 Å². The van der Waals surface area contributed by atoms with Gasteiger partial charge in [-0.05, 0) is 35.1 Å². The van der Waals surface area contributed by atoms with Gasteiger partial charge >= 0.3 is 12.1 Å². The Labute approximate surface area is 197 Å². The van der Waals surface area contributed by atoms with Gasteiger partial charge in [-0.25, -0.2) is 9.59 Å². The lowest BCUT2D eigenvalue weighted by Gasteiger charge is -2.37. The van der Waals surface area contributed by atoms with Gasteiger partial charge < -0.3 is 25.2 Å². The number of aliphatic carboxylic acids is 1. The first-order valence-electron chi connectivity index (χ1n) is 11.7. The number of piperidine rings is 1. The minimum Gasteiger partial charge on any atom is -0.479 e. The third-order valence-electron chi connectivity index (χ3n) is 7.50. The van der Waals surface area contributed by atoms with Crippen LogP contribution in [0.4, 0.5) is 4.79 Å². The number of ether oxygens (including phenoxy) is 1. The van der Waals surface area contributed by atoms with Gasteiger partial charge in [-0.15, -0.1) is 0 Å². The van der Waals surface area contributed by atoms with E-state index >= 15 is 0 Å². The second kappa shape index (κ2) is 8.43. The lowest BCUT2D eigenvalue weighted by atomic mass is 9.90. The summed E-state index contributed by atoms with van der Waals surface area (Å²) in [6.45, 7) is 0.769. The topological polar surface area (TPSA) is 116 Å². The molecule has 1 heterocycles. The minimum absolute atomic E-state index is 0.00393. The van der Waals surface area contributed by atoms with Gasteiger partial charge in [-0.3, -0.25) is 4.79 Å². The molecule has 0 bridgehead atoms. The van der Waals surface area contributed by atoms with Crippen LogP contribution in [-0.2, 0) is 14.3 Å². The van der Waals surface area contributed by atoms with E-state index in [0.29, 0.717) is 12.8 Å². The molecular weight excluding hydrogens is 436 g/mol. The van der Waals surface area contributed by atoms with Gasteiger partial charge in [0.1, 0.15) is 6.61 Å². The lowest BCUT2D eigenvalue weighted by Crippen LogP contribution is -2.53. The predicted molar refractivity (Wildman–Crippen MR) is 123 cm³/mol. The van der Waals surface area contributed by atoms with Gasteiger partial charge in [0.05, 0.1) is 5.41 Å². The highest BCUT2D eigenvalue weighted by molar-refractivity contribution is 5.87. The zero-order chi connectivity index (χ0) is 23.9. The maximum atomic E-state index is 13.0. The molecule has 0 atom stereocenters. The first-order chi connectivity index (χ1) is 16.3. The second-order valence-electron chi connectivity index (χ2n) is 9.59. The van der Waals surface area contributed by atoms with Crippen molar-refractivity contribution in [1.29, 1.82) is 0 Å². The molecule has 8 nitrogen and oxygen atoms in total.